The average molecular weight is 417 g/mol. The van der Waals surface area contributed by atoms with Crippen LogP contribution in [0.3, 0.4) is 0 Å². The van der Waals surface area contributed by atoms with E-state index in [1.54, 1.807) is 36.5 Å². The molecule has 0 saturated carbocycles. The standard InChI is InChI=1S/C19H17BrN2O4/c1-3-6-22-15-8-13(4-5-17(15)26-11-18(22)24)16(23)10-21-9-12(2)7-14(20)19(21)25/h3-5,7-9H,1,6,10-11H2,2H3. The molecule has 1 aliphatic rings. The topological polar surface area (TPSA) is 68.6 Å². The van der Waals surface area contributed by atoms with Gasteiger partial charge in [-0.15, -0.1) is 6.58 Å². The van der Waals surface area contributed by atoms with Crippen molar-refractivity contribution in [1.29, 1.82) is 0 Å². The van der Waals surface area contributed by atoms with E-state index in [-0.39, 0.29) is 30.4 Å². The lowest BCUT2D eigenvalue weighted by molar-refractivity contribution is -0.121. The van der Waals surface area contributed by atoms with Crippen molar-refractivity contribution in [2.75, 3.05) is 18.1 Å². The van der Waals surface area contributed by atoms with Gasteiger partial charge in [-0.05, 0) is 52.7 Å². The van der Waals surface area contributed by atoms with E-state index >= 15 is 0 Å². The van der Waals surface area contributed by atoms with Gasteiger partial charge in [-0.3, -0.25) is 14.4 Å². The molecule has 1 aromatic carbocycles. The number of halogens is 1. The zero-order chi connectivity index (χ0) is 18.8. The van der Waals surface area contributed by atoms with Crippen molar-refractivity contribution in [2.24, 2.45) is 0 Å². The molecule has 0 aliphatic carbocycles. The molecular formula is C19H17BrN2O4. The fourth-order valence-corrected chi connectivity index (χ4v) is 3.40. The van der Waals surface area contributed by atoms with E-state index in [4.69, 9.17) is 4.74 Å². The van der Waals surface area contributed by atoms with Gasteiger partial charge in [0.25, 0.3) is 11.5 Å². The molecular weight excluding hydrogens is 400 g/mol. The highest BCUT2D eigenvalue weighted by molar-refractivity contribution is 9.10. The highest BCUT2D eigenvalue weighted by atomic mass is 79.9. The third-order valence-electron chi connectivity index (χ3n) is 4.03. The number of rotatable bonds is 5. The number of anilines is 1. The summed E-state index contributed by atoms with van der Waals surface area (Å²) >= 11 is 3.21. The van der Waals surface area contributed by atoms with Crippen LogP contribution in [0.2, 0.25) is 0 Å². The Balaban J connectivity index is 1.93. The first kappa shape index (κ1) is 18.1. The van der Waals surface area contributed by atoms with Gasteiger partial charge in [0, 0.05) is 18.3 Å². The predicted octanol–water partition coefficient (Wildman–Crippen LogP) is 2.71. The van der Waals surface area contributed by atoms with Gasteiger partial charge in [0.2, 0.25) is 0 Å². The van der Waals surface area contributed by atoms with Crippen molar-refractivity contribution < 1.29 is 14.3 Å². The van der Waals surface area contributed by atoms with E-state index in [1.807, 2.05) is 6.92 Å². The number of aromatic nitrogens is 1. The lowest BCUT2D eigenvalue weighted by Crippen LogP contribution is -2.39. The van der Waals surface area contributed by atoms with Crippen LogP contribution >= 0.6 is 15.9 Å². The van der Waals surface area contributed by atoms with Crippen molar-refractivity contribution in [3.63, 3.8) is 0 Å². The Morgan fingerprint density at radius 1 is 1.35 bits per heavy atom. The summed E-state index contributed by atoms with van der Waals surface area (Å²) in [5, 5.41) is 0. The summed E-state index contributed by atoms with van der Waals surface area (Å²) in [6, 6.07) is 6.63. The second-order valence-corrected chi connectivity index (χ2v) is 6.84. The summed E-state index contributed by atoms with van der Waals surface area (Å²) in [6.07, 6.45) is 3.26. The van der Waals surface area contributed by atoms with Gasteiger partial charge in [0.15, 0.2) is 12.4 Å². The summed E-state index contributed by atoms with van der Waals surface area (Å²) in [5.74, 6) is 0.114. The van der Waals surface area contributed by atoms with Gasteiger partial charge in [0.05, 0.1) is 16.7 Å². The van der Waals surface area contributed by atoms with Crippen LogP contribution in [-0.4, -0.2) is 29.4 Å². The fraction of sp³-hybridized carbons (Fsp3) is 0.211. The smallest absolute Gasteiger partial charge is 0.265 e. The van der Waals surface area contributed by atoms with Crippen molar-refractivity contribution in [3.05, 3.63) is 69.1 Å². The fourth-order valence-electron chi connectivity index (χ4n) is 2.81. The van der Waals surface area contributed by atoms with Crippen LogP contribution in [0, 0.1) is 6.92 Å². The molecule has 0 unspecified atom stereocenters. The maximum atomic E-state index is 12.7. The Morgan fingerprint density at radius 3 is 2.85 bits per heavy atom. The maximum absolute atomic E-state index is 12.7. The van der Waals surface area contributed by atoms with E-state index in [1.165, 1.54) is 9.47 Å². The third kappa shape index (κ3) is 3.48. The second-order valence-electron chi connectivity index (χ2n) is 5.99. The maximum Gasteiger partial charge on any atom is 0.265 e. The number of aryl methyl sites for hydroxylation is 1. The van der Waals surface area contributed by atoms with Gasteiger partial charge in [-0.25, -0.2) is 0 Å². The van der Waals surface area contributed by atoms with Gasteiger partial charge in [-0.1, -0.05) is 6.08 Å². The number of carbonyl (C=O) groups is 2. The van der Waals surface area contributed by atoms with Gasteiger partial charge in [-0.2, -0.15) is 0 Å². The Kier molecular flexibility index (Phi) is 5.08. The molecule has 0 spiro atoms. The number of amides is 1. The molecule has 26 heavy (non-hydrogen) atoms. The van der Waals surface area contributed by atoms with E-state index < -0.39 is 0 Å². The van der Waals surface area contributed by atoms with Crippen molar-refractivity contribution in [3.8, 4) is 5.75 Å². The molecule has 0 radical (unpaired) electrons. The van der Waals surface area contributed by atoms with E-state index in [9.17, 15) is 14.4 Å². The monoisotopic (exact) mass is 416 g/mol. The molecule has 3 rings (SSSR count). The number of hydrogen-bond donors (Lipinski definition) is 0. The number of fused-ring (bicyclic) bond motifs is 1. The predicted molar refractivity (Wildman–Crippen MR) is 102 cm³/mol. The van der Waals surface area contributed by atoms with Crippen LogP contribution in [0.1, 0.15) is 15.9 Å². The minimum absolute atomic E-state index is 0.0408. The lowest BCUT2D eigenvalue weighted by atomic mass is 10.1. The Labute approximate surface area is 158 Å². The normalized spacial score (nSPS) is 13.2. The van der Waals surface area contributed by atoms with Crippen LogP contribution in [0.5, 0.6) is 5.75 Å². The highest BCUT2D eigenvalue weighted by Crippen LogP contribution is 2.33. The van der Waals surface area contributed by atoms with Gasteiger partial charge < -0.3 is 14.2 Å². The molecule has 1 aromatic heterocycles. The molecule has 1 amide bonds. The zero-order valence-corrected chi connectivity index (χ0v) is 15.8. The zero-order valence-electron chi connectivity index (χ0n) is 14.2. The molecule has 0 atom stereocenters. The molecule has 0 fully saturated rings. The number of benzene rings is 1. The van der Waals surface area contributed by atoms with E-state index in [2.05, 4.69) is 22.5 Å². The minimum Gasteiger partial charge on any atom is -0.482 e. The average Bonchev–Trinajstić information content (AvgIpc) is 2.61. The number of hydrogen-bond acceptors (Lipinski definition) is 4. The lowest BCUT2D eigenvalue weighted by Gasteiger charge is -2.28. The molecule has 1 aliphatic heterocycles. The first-order chi connectivity index (χ1) is 12.4. The SMILES string of the molecule is C=CCN1C(=O)COc2ccc(C(=O)Cn3cc(C)cc(Br)c3=O)cc21. The van der Waals surface area contributed by atoms with Crippen LogP contribution in [0.4, 0.5) is 5.69 Å². The van der Waals surface area contributed by atoms with Crippen molar-refractivity contribution >= 4 is 33.3 Å². The van der Waals surface area contributed by atoms with Crippen molar-refractivity contribution in [1.82, 2.24) is 4.57 Å². The largest absolute Gasteiger partial charge is 0.482 e. The summed E-state index contributed by atoms with van der Waals surface area (Å²) in [4.78, 5) is 38.4. The van der Waals surface area contributed by atoms with E-state index in [0.717, 1.165) is 5.56 Å². The van der Waals surface area contributed by atoms with Gasteiger partial charge in [0.1, 0.15) is 5.75 Å². The first-order valence-corrected chi connectivity index (χ1v) is 8.78. The summed E-state index contributed by atoms with van der Waals surface area (Å²) < 4.78 is 7.19. The van der Waals surface area contributed by atoms with Gasteiger partial charge >= 0.3 is 0 Å². The van der Waals surface area contributed by atoms with Crippen LogP contribution < -0.4 is 15.2 Å². The molecule has 2 aromatic rings. The number of pyridine rings is 1. The molecule has 0 N–H and O–H groups in total. The Morgan fingerprint density at radius 2 is 2.12 bits per heavy atom. The first-order valence-electron chi connectivity index (χ1n) is 7.98. The number of nitrogens with zero attached hydrogens (tertiary/aromatic N) is 2. The van der Waals surface area contributed by atoms with E-state index in [0.29, 0.717) is 28.0 Å². The second kappa shape index (κ2) is 7.29. The molecule has 134 valence electrons. The molecule has 7 heteroatoms. The van der Waals surface area contributed by atoms with Crippen LogP contribution in [0.25, 0.3) is 0 Å². The Bertz CT molecular complexity index is 964. The number of ketones is 1. The number of ether oxygens (including phenoxy) is 1. The van der Waals surface area contributed by atoms with Crippen molar-refractivity contribution in [2.45, 2.75) is 13.5 Å². The molecule has 2 heterocycles. The number of carbonyl (C=O) groups excluding carboxylic acids is 2. The highest BCUT2D eigenvalue weighted by Gasteiger charge is 2.25. The Hall–Kier alpha value is -2.67. The number of Topliss-reactive ketones (excluding diaryl/α,β-unsaturated/α-hetero) is 1. The molecule has 6 nitrogen and oxygen atoms in total. The third-order valence-corrected chi connectivity index (χ3v) is 4.60. The summed E-state index contributed by atoms with van der Waals surface area (Å²) in [5.41, 5.74) is 1.53. The molecule has 0 bridgehead atoms. The molecule has 0 saturated heterocycles. The summed E-state index contributed by atoms with van der Waals surface area (Å²) in [7, 11) is 0. The van der Waals surface area contributed by atoms with Crippen LogP contribution in [0.15, 0.2) is 52.4 Å². The quantitative estimate of drug-likeness (QED) is 0.554. The van der Waals surface area contributed by atoms with Crippen LogP contribution in [-0.2, 0) is 11.3 Å². The summed E-state index contributed by atoms with van der Waals surface area (Å²) in [6.45, 7) is 5.71. The minimum atomic E-state index is -0.270.